The molecular formula is C13H19BrN2OS. The van der Waals surface area contributed by atoms with Crippen LogP contribution in [0.5, 0.6) is 0 Å². The molecule has 3 nitrogen and oxygen atoms in total. The summed E-state index contributed by atoms with van der Waals surface area (Å²) >= 11 is 4.94. The van der Waals surface area contributed by atoms with Crippen molar-refractivity contribution in [2.24, 2.45) is 5.73 Å². The Balaban J connectivity index is 2.68. The molecule has 0 unspecified atom stereocenters. The fraction of sp³-hybridized carbons (Fsp3) is 0.462. The number of carbonyl (C=O) groups is 1. The Hall–Kier alpha value is -0.520. The summed E-state index contributed by atoms with van der Waals surface area (Å²) in [7, 11) is 0. The van der Waals surface area contributed by atoms with Crippen molar-refractivity contribution in [3.63, 3.8) is 0 Å². The van der Waals surface area contributed by atoms with E-state index in [9.17, 15) is 4.79 Å². The largest absolute Gasteiger partial charge is 0.351 e. The second-order valence-electron chi connectivity index (χ2n) is 4.68. The standard InChI is InChI=1S/C13H19BrN2OS/c1-9(8-15)16-12(17)13(2,3)18-11-6-4-10(14)5-7-11/h4-7,9H,8,15H2,1-3H3,(H,16,17)/t9-/m0/s1. The van der Waals surface area contributed by atoms with E-state index in [0.29, 0.717) is 6.54 Å². The minimum Gasteiger partial charge on any atom is -0.351 e. The third kappa shape index (κ3) is 4.63. The molecule has 1 atom stereocenters. The van der Waals surface area contributed by atoms with E-state index in [1.54, 1.807) is 11.8 Å². The van der Waals surface area contributed by atoms with Gasteiger partial charge in [0.1, 0.15) is 0 Å². The predicted octanol–water partition coefficient (Wildman–Crippen LogP) is 2.78. The number of amides is 1. The summed E-state index contributed by atoms with van der Waals surface area (Å²) in [4.78, 5) is 13.2. The molecule has 0 aliphatic heterocycles. The quantitative estimate of drug-likeness (QED) is 0.816. The van der Waals surface area contributed by atoms with Gasteiger partial charge in [-0.05, 0) is 45.0 Å². The monoisotopic (exact) mass is 330 g/mol. The number of thioether (sulfide) groups is 1. The van der Waals surface area contributed by atoms with Gasteiger partial charge in [-0.15, -0.1) is 11.8 Å². The molecule has 5 heteroatoms. The highest BCUT2D eigenvalue weighted by molar-refractivity contribution is 9.10. The van der Waals surface area contributed by atoms with E-state index in [4.69, 9.17) is 5.73 Å². The van der Waals surface area contributed by atoms with Gasteiger partial charge in [-0.1, -0.05) is 15.9 Å². The topological polar surface area (TPSA) is 55.1 Å². The van der Waals surface area contributed by atoms with Gasteiger partial charge in [0.25, 0.3) is 0 Å². The summed E-state index contributed by atoms with van der Waals surface area (Å²) < 4.78 is 0.517. The Kier molecular flexibility index (Phi) is 5.69. The third-order valence-corrected chi connectivity index (χ3v) is 4.20. The SMILES string of the molecule is C[C@@H](CN)NC(=O)C(C)(C)Sc1ccc(Br)cc1. The summed E-state index contributed by atoms with van der Waals surface area (Å²) in [5.41, 5.74) is 5.51. The lowest BCUT2D eigenvalue weighted by molar-refractivity contribution is -0.123. The van der Waals surface area contributed by atoms with E-state index >= 15 is 0 Å². The first-order chi connectivity index (χ1) is 8.35. The average Bonchev–Trinajstić information content (AvgIpc) is 2.31. The van der Waals surface area contributed by atoms with Crippen LogP contribution in [-0.4, -0.2) is 23.2 Å². The zero-order chi connectivity index (χ0) is 13.8. The molecule has 1 aromatic rings. The van der Waals surface area contributed by atoms with E-state index in [0.717, 1.165) is 9.37 Å². The molecule has 100 valence electrons. The number of hydrogen-bond acceptors (Lipinski definition) is 3. The highest BCUT2D eigenvalue weighted by Gasteiger charge is 2.29. The zero-order valence-electron chi connectivity index (χ0n) is 10.9. The van der Waals surface area contributed by atoms with Crippen molar-refractivity contribution in [3.05, 3.63) is 28.7 Å². The van der Waals surface area contributed by atoms with Gasteiger partial charge in [0.2, 0.25) is 5.91 Å². The molecule has 0 aliphatic rings. The summed E-state index contributed by atoms with van der Waals surface area (Å²) in [5.74, 6) is 0.00775. The summed E-state index contributed by atoms with van der Waals surface area (Å²) in [6.45, 7) is 6.18. The van der Waals surface area contributed by atoms with Crippen molar-refractivity contribution in [1.82, 2.24) is 5.32 Å². The van der Waals surface area contributed by atoms with Gasteiger partial charge in [-0.3, -0.25) is 4.79 Å². The van der Waals surface area contributed by atoms with Gasteiger partial charge in [0, 0.05) is 22.0 Å². The van der Waals surface area contributed by atoms with E-state index in [-0.39, 0.29) is 11.9 Å². The molecule has 0 heterocycles. The van der Waals surface area contributed by atoms with Crippen LogP contribution in [0, 0.1) is 0 Å². The molecule has 0 aliphatic carbocycles. The fourth-order valence-corrected chi connectivity index (χ4v) is 2.58. The van der Waals surface area contributed by atoms with Crippen LogP contribution in [-0.2, 0) is 4.79 Å². The molecular weight excluding hydrogens is 312 g/mol. The Labute approximate surface area is 121 Å². The van der Waals surface area contributed by atoms with Crippen LogP contribution >= 0.6 is 27.7 Å². The molecule has 0 radical (unpaired) electrons. The van der Waals surface area contributed by atoms with Crippen molar-refractivity contribution >= 4 is 33.6 Å². The summed E-state index contributed by atoms with van der Waals surface area (Å²) in [6, 6.07) is 7.94. The molecule has 0 fully saturated rings. The fourth-order valence-electron chi connectivity index (χ4n) is 1.30. The first-order valence-corrected chi connectivity index (χ1v) is 7.41. The normalized spacial score (nSPS) is 13.2. The van der Waals surface area contributed by atoms with E-state index < -0.39 is 4.75 Å². The number of nitrogens with one attached hydrogen (secondary N) is 1. The molecule has 1 rings (SSSR count). The van der Waals surface area contributed by atoms with Crippen LogP contribution < -0.4 is 11.1 Å². The third-order valence-electron chi connectivity index (χ3n) is 2.46. The maximum absolute atomic E-state index is 12.1. The number of benzene rings is 1. The molecule has 0 aromatic heterocycles. The second-order valence-corrected chi connectivity index (χ2v) is 7.29. The van der Waals surface area contributed by atoms with Crippen molar-refractivity contribution < 1.29 is 4.79 Å². The van der Waals surface area contributed by atoms with Gasteiger partial charge in [0.15, 0.2) is 0 Å². The Morgan fingerprint density at radius 1 is 1.44 bits per heavy atom. The smallest absolute Gasteiger partial charge is 0.236 e. The van der Waals surface area contributed by atoms with Crippen molar-refractivity contribution in [2.45, 2.75) is 36.5 Å². The van der Waals surface area contributed by atoms with Gasteiger partial charge in [0.05, 0.1) is 4.75 Å². The molecule has 3 N–H and O–H groups in total. The average molecular weight is 331 g/mol. The minimum atomic E-state index is -0.517. The van der Waals surface area contributed by atoms with Crippen LogP contribution in [0.3, 0.4) is 0 Å². The van der Waals surface area contributed by atoms with Crippen molar-refractivity contribution in [2.75, 3.05) is 6.54 Å². The molecule has 0 saturated carbocycles. The number of hydrogen-bond donors (Lipinski definition) is 2. The lowest BCUT2D eigenvalue weighted by Crippen LogP contribution is -2.46. The van der Waals surface area contributed by atoms with Gasteiger partial charge < -0.3 is 11.1 Å². The summed E-state index contributed by atoms with van der Waals surface area (Å²) in [5, 5.41) is 2.91. The number of rotatable bonds is 5. The maximum atomic E-state index is 12.1. The maximum Gasteiger partial charge on any atom is 0.236 e. The zero-order valence-corrected chi connectivity index (χ0v) is 13.3. The molecule has 0 spiro atoms. The minimum absolute atomic E-state index is 0.00212. The lowest BCUT2D eigenvalue weighted by Gasteiger charge is -2.25. The molecule has 18 heavy (non-hydrogen) atoms. The van der Waals surface area contributed by atoms with E-state index in [1.807, 2.05) is 45.0 Å². The van der Waals surface area contributed by atoms with E-state index in [1.165, 1.54) is 0 Å². The highest BCUT2D eigenvalue weighted by atomic mass is 79.9. The molecule has 1 aromatic carbocycles. The number of carbonyl (C=O) groups excluding carboxylic acids is 1. The van der Waals surface area contributed by atoms with Crippen LogP contribution in [0.1, 0.15) is 20.8 Å². The number of nitrogens with two attached hydrogens (primary N) is 1. The van der Waals surface area contributed by atoms with Gasteiger partial charge in [-0.25, -0.2) is 0 Å². The van der Waals surface area contributed by atoms with Crippen molar-refractivity contribution in [3.8, 4) is 0 Å². The van der Waals surface area contributed by atoms with Crippen LogP contribution in [0.4, 0.5) is 0 Å². The summed E-state index contributed by atoms with van der Waals surface area (Å²) in [6.07, 6.45) is 0. The lowest BCUT2D eigenvalue weighted by atomic mass is 10.2. The molecule has 0 saturated heterocycles. The Morgan fingerprint density at radius 2 is 2.00 bits per heavy atom. The van der Waals surface area contributed by atoms with Crippen LogP contribution in [0.15, 0.2) is 33.6 Å². The Bertz CT molecular complexity index is 406. The predicted molar refractivity (Wildman–Crippen MR) is 80.7 cm³/mol. The van der Waals surface area contributed by atoms with Gasteiger partial charge in [-0.2, -0.15) is 0 Å². The molecule has 1 amide bonds. The van der Waals surface area contributed by atoms with Crippen molar-refractivity contribution in [1.29, 1.82) is 0 Å². The van der Waals surface area contributed by atoms with Gasteiger partial charge >= 0.3 is 0 Å². The first kappa shape index (κ1) is 15.5. The van der Waals surface area contributed by atoms with Crippen LogP contribution in [0.2, 0.25) is 0 Å². The second kappa shape index (κ2) is 6.59. The van der Waals surface area contributed by atoms with E-state index in [2.05, 4.69) is 21.2 Å². The Morgan fingerprint density at radius 3 is 2.50 bits per heavy atom. The first-order valence-electron chi connectivity index (χ1n) is 5.81. The number of halogens is 1. The van der Waals surface area contributed by atoms with Crippen LogP contribution in [0.25, 0.3) is 0 Å². The molecule has 0 bridgehead atoms. The highest BCUT2D eigenvalue weighted by Crippen LogP contribution is 2.33.